The summed E-state index contributed by atoms with van der Waals surface area (Å²) < 4.78 is 11.0. The number of rotatable bonds is 7. The smallest absolute Gasteiger partial charge is 0.130 e. The van der Waals surface area contributed by atoms with E-state index in [0.717, 1.165) is 16.7 Å². The molecule has 1 aromatic heterocycles. The summed E-state index contributed by atoms with van der Waals surface area (Å²) in [6.45, 7) is 2.09. The fourth-order valence-corrected chi connectivity index (χ4v) is 1.76. The highest BCUT2D eigenvalue weighted by Crippen LogP contribution is 2.22. The number of hydrogen-bond acceptors (Lipinski definition) is 5. The average Bonchev–Trinajstić information content (AvgIpc) is 2.46. The summed E-state index contributed by atoms with van der Waals surface area (Å²) in [7, 11) is 0. The van der Waals surface area contributed by atoms with Crippen LogP contribution in [0.1, 0.15) is 0 Å². The number of ether oxygens (including phenoxy) is 2. The third kappa shape index (κ3) is 4.10. The van der Waals surface area contributed by atoms with Crippen LogP contribution in [0.3, 0.4) is 0 Å². The number of fused-ring (bicyclic) bond motifs is 1. The van der Waals surface area contributed by atoms with Crippen LogP contribution in [0, 0.1) is 0 Å². The van der Waals surface area contributed by atoms with Gasteiger partial charge in [-0.3, -0.25) is 4.98 Å². The van der Waals surface area contributed by atoms with Gasteiger partial charge in [0.1, 0.15) is 12.4 Å². The molecular weight excluding hydrogens is 260 g/mol. The number of benzene rings is 1. The minimum absolute atomic E-state index is 0.495. The fraction of sp³-hybridized carbons (Fsp3) is 0.286. The van der Waals surface area contributed by atoms with E-state index in [1.165, 1.54) is 0 Å². The highest BCUT2D eigenvalue weighted by molar-refractivity contribution is 7.78. The molecule has 0 saturated carbocycles. The highest BCUT2D eigenvalue weighted by Gasteiger charge is 2.01. The van der Waals surface area contributed by atoms with E-state index in [4.69, 9.17) is 9.47 Å². The Hall–Kier alpha value is -1.81. The number of isothiocyanates is 1. The van der Waals surface area contributed by atoms with E-state index in [1.807, 2.05) is 30.3 Å². The number of aromatic nitrogens is 1. The molecule has 0 aliphatic carbocycles. The third-order valence-electron chi connectivity index (χ3n) is 2.51. The molecule has 0 aliphatic rings. The van der Waals surface area contributed by atoms with Crippen molar-refractivity contribution in [1.82, 2.24) is 4.98 Å². The van der Waals surface area contributed by atoms with Crippen LogP contribution >= 0.6 is 12.2 Å². The molecule has 2 aromatic rings. The molecule has 0 fully saturated rings. The van der Waals surface area contributed by atoms with Gasteiger partial charge in [-0.25, -0.2) is 4.99 Å². The minimum atomic E-state index is 0.495. The summed E-state index contributed by atoms with van der Waals surface area (Å²) in [6.07, 6.45) is 1.74. The maximum atomic E-state index is 5.69. The number of nitrogens with zero attached hydrogens (tertiary/aromatic N) is 2. The van der Waals surface area contributed by atoms with E-state index < -0.39 is 0 Å². The predicted octanol–water partition coefficient (Wildman–Crippen LogP) is 2.73. The molecule has 4 nitrogen and oxygen atoms in total. The topological polar surface area (TPSA) is 43.7 Å². The summed E-state index contributed by atoms with van der Waals surface area (Å²) in [5.41, 5.74) is 0.927. The lowest BCUT2D eigenvalue weighted by atomic mass is 10.2. The van der Waals surface area contributed by atoms with Gasteiger partial charge in [0.25, 0.3) is 0 Å². The SMILES string of the molecule is S=C=NCCOCCOc1ccnc2ccccc12. The van der Waals surface area contributed by atoms with Crippen LogP contribution in [0.25, 0.3) is 10.9 Å². The Morgan fingerprint density at radius 3 is 2.95 bits per heavy atom. The van der Waals surface area contributed by atoms with Crippen LogP contribution in [0.5, 0.6) is 5.75 Å². The number of aliphatic imine (C=N–C) groups is 1. The Balaban J connectivity index is 1.83. The first-order chi connectivity index (χ1) is 9.42. The molecule has 0 saturated heterocycles. The van der Waals surface area contributed by atoms with Crippen LogP contribution in [-0.4, -0.2) is 36.5 Å². The number of pyridine rings is 1. The molecular formula is C14H14N2O2S. The number of para-hydroxylation sites is 1. The molecule has 1 heterocycles. The summed E-state index contributed by atoms with van der Waals surface area (Å²) in [6, 6.07) is 9.74. The summed E-state index contributed by atoms with van der Waals surface area (Å²) in [4.78, 5) is 8.04. The molecule has 0 aliphatic heterocycles. The van der Waals surface area contributed by atoms with E-state index in [2.05, 4.69) is 27.4 Å². The fourth-order valence-electron chi connectivity index (χ4n) is 1.66. The maximum absolute atomic E-state index is 5.69. The number of hydrogen-bond donors (Lipinski definition) is 0. The third-order valence-corrected chi connectivity index (χ3v) is 2.64. The van der Waals surface area contributed by atoms with Crippen LogP contribution in [0.4, 0.5) is 0 Å². The van der Waals surface area contributed by atoms with Crippen LogP contribution in [-0.2, 0) is 4.74 Å². The van der Waals surface area contributed by atoms with Gasteiger partial charge in [0.05, 0.1) is 30.4 Å². The average molecular weight is 274 g/mol. The molecule has 0 spiro atoms. The summed E-state index contributed by atoms with van der Waals surface area (Å²) in [5.74, 6) is 0.825. The van der Waals surface area contributed by atoms with Crippen molar-refractivity contribution >= 4 is 28.3 Å². The van der Waals surface area contributed by atoms with Gasteiger partial charge in [-0.05, 0) is 30.4 Å². The van der Waals surface area contributed by atoms with Crippen molar-refractivity contribution in [3.63, 3.8) is 0 Å². The minimum Gasteiger partial charge on any atom is -0.490 e. The molecule has 19 heavy (non-hydrogen) atoms. The molecule has 0 amide bonds. The molecule has 5 heteroatoms. The standard InChI is InChI=1S/C14H14N2O2S/c19-11-15-7-8-17-9-10-18-14-5-6-16-13-4-2-1-3-12(13)14/h1-6H,7-10H2. The first kappa shape index (κ1) is 13.6. The highest BCUT2D eigenvalue weighted by atomic mass is 32.1. The van der Waals surface area contributed by atoms with Crippen molar-refractivity contribution in [2.45, 2.75) is 0 Å². The predicted molar refractivity (Wildman–Crippen MR) is 78.0 cm³/mol. The second kappa shape index (κ2) is 7.59. The van der Waals surface area contributed by atoms with E-state index in [9.17, 15) is 0 Å². The van der Waals surface area contributed by atoms with Gasteiger partial charge in [-0.15, -0.1) is 0 Å². The van der Waals surface area contributed by atoms with Gasteiger partial charge in [0, 0.05) is 11.6 Å². The second-order valence-electron chi connectivity index (χ2n) is 3.76. The molecule has 0 unspecified atom stereocenters. The summed E-state index contributed by atoms with van der Waals surface area (Å²) in [5, 5.41) is 3.30. The zero-order chi connectivity index (χ0) is 13.3. The van der Waals surface area contributed by atoms with E-state index in [-0.39, 0.29) is 0 Å². The lowest BCUT2D eigenvalue weighted by Crippen LogP contribution is -2.09. The van der Waals surface area contributed by atoms with E-state index in [1.54, 1.807) is 6.20 Å². The van der Waals surface area contributed by atoms with Crippen LogP contribution < -0.4 is 4.74 Å². The molecule has 2 rings (SSSR count). The van der Waals surface area contributed by atoms with E-state index in [0.29, 0.717) is 26.4 Å². The largest absolute Gasteiger partial charge is 0.490 e. The van der Waals surface area contributed by atoms with Gasteiger partial charge in [-0.2, -0.15) is 0 Å². The van der Waals surface area contributed by atoms with Crippen LogP contribution in [0.15, 0.2) is 41.5 Å². The van der Waals surface area contributed by atoms with Gasteiger partial charge in [-0.1, -0.05) is 12.1 Å². The normalized spacial score (nSPS) is 10.1. The van der Waals surface area contributed by atoms with Gasteiger partial charge >= 0.3 is 0 Å². The van der Waals surface area contributed by atoms with Crippen molar-refractivity contribution in [2.24, 2.45) is 4.99 Å². The first-order valence-electron chi connectivity index (χ1n) is 6.00. The monoisotopic (exact) mass is 274 g/mol. The Kier molecular flexibility index (Phi) is 5.44. The number of thiocarbonyl (C=S) groups is 1. The Labute approximate surface area is 117 Å². The van der Waals surface area contributed by atoms with Gasteiger partial charge < -0.3 is 9.47 Å². The lowest BCUT2D eigenvalue weighted by Gasteiger charge is -2.08. The van der Waals surface area contributed by atoms with Gasteiger partial charge in [0.2, 0.25) is 0 Å². The van der Waals surface area contributed by atoms with Crippen molar-refractivity contribution in [1.29, 1.82) is 0 Å². The lowest BCUT2D eigenvalue weighted by molar-refractivity contribution is 0.106. The molecule has 0 N–H and O–H groups in total. The molecule has 0 atom stereocenters. The Morgan fingerprint density at radius 1 is 1.16 bits per heavy atom. The Morgan fingerprint density at radius 2 is 2.05 bits per heavy atom. The Bertz CT molecular complexity index is 577. The van der Waals surface area contributed by atoms with Crippen molar-refractivity contribution < 1.29 is 9.47 Å². The second-order valence-corrected chi connectivity index (χ2v) is 3.94. The zero-order valence-electron chi connectivity index (χ0n) is 10.4. The molecule has 0 bridgehead atoms. The molecule has 0 radical (unpaired) electrons. The zero-order valence-corrected chi connectivity index (χ0v) is 11.2. The molecule has 1 aromatic carbocycles. The maximum Gasteiger partial charge on any atom is 0.130 e. The van der Waals surface area contributed by atoms with Crippen molar-refractivity contribution in [2.75, 3.05) is 26.4 Å². The van der Waals surface area contributed by atoms with Crippen molar-refractivity contribution in [3.8, 4) is 5.75 Å². The molecule has 98 valence electrons. The first-order valence-corrected chi connectivity index (χ1v) is 6.40. The van der Waals surface area contributed by atoms with Crippen LogP contribution in [0.2, 0.25) is 0 Å². The quantitative estimate of drug-likeness (QED) is 0.442. The summed E-state index contributed by atoms with van der Waals surface area (Å²) >= 11 is 4.46. The van der Waals surface area contributed by atoms with Gasteiger partial charge in [0.15, 0.2) is 0 Å². The van der Waals surface area contributed by atoms with Crippen molar-refractivity contribution in [3.05, 3.63) is 36.5 Å². The van der Waals surface area contributed by atoms with E-state index >= 15 is 0 Å².